The number of piperazine rings is 1. The summed E-state index contributed by atoms with van der Waals surface area (Å²) < 4.78 is 7.72. The van der Waals surface area contributed by atoms with Crippen molar-refractivity contribution in [1.29, 1.82) is 5.26 Å². The number of hydrogen-bond donors (Lipinski definition) is 2. The van der Waals surface area contributed by atoms with Crippen molar-refractivity contribution in [3.63, 3.8) is 0 Å². The van der Waals surface area contributed by atoms with Crippen molar-refractivity contribution in [3.8, 4) is 22.9 Å². The van der Waals surface area contributed by atoms with Gasteiger partial charge in [-0.25, -0.2) is 9.50 Å². The molecule has 3 saturated heterocycles. The van der Waals surface area contributed by atoms with E-state index in [4.69, 9.17) is 9.72 Å². The lowest BCUT2D eigenvalue weighted by Crippen LogP contribution is -2.67. The van der Waals surface area contributed by atoms with Crippen LogP contribution < -0.4 is 15.0 Å². The molecule has 2 N–H and O–H groups in total. The van der Waals surface area contributed by atoms with Crippen molar-refractivity contribution < 1.29 is 9.84 Å². The Morgan fingerprint density at radius 1 is 1.17 bits per heavy atom. The van der Waals surface area contributed by atoms with Crippen LogP contribution in [-0.4, -0.2) is 57.1 Å². The standard InChI is InChI=1S/C22H22N6O2/c23-7-14-9-25-28-12-19(30-18-4-17(29)5-18)6-20(22(14)28)13-1-2-21(24-8-13)27-10-15-3-16(11-27)26-15/h1-2,6,8-9,12,15-18,26,29H,3-5,10-11H2/t15?,16?,17-,18-. The monoisotopic (exact) mass is 402 g/mol. The van der Waals surface area contributed by atoms with Gasteiger partial charge in [-0.1, -0.05) is 0 Å². The van der Waals surface area contributed by atoms with E-state index in [1.54, 1.807) is 16.9 Å². The number of nitrogens with one attached hydrogen (secondary N) is 1. The molecule has 6 heterocycles. The highest BCUT2D eigenvalue weighted by atomic mass is 16.5. The molecule has 3 aromatic heterocycles. The fourth-order valence-corrected chi connectivity index (χ4v) is 4.72. The maximum Gasteiger partial charge on any atom is 0.138 e. The van der Waals surface area contributed by atoms with Crippen LogP contribution in [-0.2, 0) is 0 Å². The highest BCUT2D eigenvalue weighted by Crippen LogP contribution is 2.34. The van der Waals surface area contributed by atoms with E-state index in [-0.39, 0.29) is 12.2 Å². The van der Waals surface area contributed by atoms with Crippen molar-refractivity contribution in [2.45, 2.75) is 43.6 Å². The molecule has 3 aromatic rings. The molecule has 2 bridgehead atoms. The highest BCUT2D eigenvalue weighted by molar-refractivity contribution is 5.85. The summed E-state index contributed by atoms with van der Waals surface area (Å²) in [7, 11) is 0. The Bertz CT molecular complexity index is 1130. The lowest BCUT2D eigenvalue weighted by atomic mass is 9.91. The Morgan fingerprint density at radius 2 is 1.97 bits per heavy atom. The van der Waals surface area contributed by atoms with Crippen LogP contribution in [0.3, 0.4) is 0 Å². The molecule has 3 aliphatic heterocycles. The Labute approximate surface area is 173 Å². The van der Waals surface area contributed by atoms with E-state index < -0.39 is 0 Å². The first-order valence-electron chi connectivity index (χ1n) is 10.4. The number of ether oxygens (including phenoxy) is 1. The third kappa shape index (κ3) is 2.90. The maximum atomic E-state index is 9.54. The molecular weight excluding hydrogens is 380 g/mol. The van der Waals surface area contributed by atoms with E-state index in [9.17, 15) is 10.4 Å². The fourth-order valence-electron chi connectivity index (χ4n) is 4.72. The number of aliphatic hydroxyl groups excluding tert-OH is 1. The maximum absolute atomic E-state index is 9.54. The topological polar surface area (TPSA) is 98.7 Å². The molecule has 7 rings (SSSR count). The minimum Gasteiger partial charge on any atom is -0.489 e. The third-order valence-corrected chi connectivity index (χ3v) is 6.38. The number of rotatable bonds is 4. The molecule has 4 aliphatic rings. The summed E-state index contributed by atoms with van der Waals surface area (Å²) >= 11 is 0. The molecule has 8 nitrogen and oxygen atoms in total. The number of fused-ring (bicyclic) bond motifs is 3. The van der Waals surface area contributed by atoms with Crippen molar-refractivity contribution in [1.82, 2.24) is 19.9 Å². The summed E-state index contributed by atoms with van der Waals surface area (Å²) in [4.78, 5) is 7.05. The van der Waals surface area contributed by atoms with Gasteiger partial charge in [-0.15, -0.1) is 0 Å². The molecule has 152 valence electrons. The summed E-state index contributed by atoms with van der Waals surface area (Å²) in [6, 6.07) is 9.43. The van der Waals surface area contributed by atoms with Gasteiger partial charge in [0.15, 0.2) is 0 Å². The zero-order valence-electron chi connectivity index (χ0n) is 16.4. The predicted molar refractivity (Wildman–Crippen MR) is 110 cm³/mol. The third-order valence-electron chi connectivity index (χ3n) is 6.38. The fraction of sp³-hybridized carbons (Fsp3) is 0.409. The second-order valence-corrected chi connectivity index (χ2v) is 8.52. The van der Waals surface area contributed by atoms with Gasteiger partial charge in [0, 0.05) is 55.3 Å². The van der Waals surface area contributed by atoms with Crippen LogP contribution in [0.15, 0.2) is 36.8 Å². The molecule has 0 amide bonds. The second-order valence-electron chi connectivity index (χ2n) is 8.52. The molecule has 0 aromatic carbocycles. The number of aliphatic hydroxyl groups is 1. The lowest BCUT2D eigenvalue weighted by Gasteiger charge is -2.48. The minimum atomic E-state index is -0.277. The molecular formula is C22H22N6O2. The zero-order chi connectivity index (χ0) is 20.2. The quantitative estimate of drug-likeness (QED) is 0.686. The lowest BCUT2D eigenvalue weighted by molar-refractivity contribution is -0.0109. The van der Waals surface area contributed by atoms with E-state index in [1.165, 1.54) is 6.42 Å². The van der Waals surface area contributed by atoms with Gasteiger partial charge in [0.1, 0.15) is 23.7 Å². The van der Waals surface area contributed by atoms with Crippen LogP contribution in [0.5, 0.6) is 5.75 Å². The second kappa shape index (κ2) is 6.69. The zero-order valence-corrected chi connectivity index (χ0v) is 16.4. The van der Waals surface area contributed by atoms with Gasteiger partial charge in [0.25, 0.3) is 0 Å². The Hall–Kier alpha value is -3.15. The first-order valence-corrected chi connectivity index (χ1v) is 10.4. The van der Waals surface area contributed by atoms with Gasteiger partial charge in [0.2, 0.25) is 0 Å². The smallest absolute Gasteiger partial charge is 0.138 e. The van der Waals surface area contributed by atoms with Crippen LogP contribution in [0.4, 0.5) is 5.82 Å². The van der Waals surface area contributed by atoms with Crippen LogP contribution in [0.1, 0.15) is 24.8 Å². The van der Waals surface area contributed by atoms with Gasteiger partial charge in [0.05, 0.1) is 29.6 Å². The van der Waals surface area contributed by atoms with Crippen molar-refractivity contribution >= 4 is 11.3 Å². The SMILES string of the molecule is N#Cc1cnn2cc(O[C@H]3C[C@H](O)C3)cc(-c3ccc(N4CC5CC(C4)N5)nc3)c12. The average Bonchev–Trinajstić information content (AvgIpc) is 3.15. The first kappa shape index (κ1) is 17.7. The summed E-state index contributed by atoms with van der Waals surface area (Å²) in [5.41, 5.74) is 3.04. The molecule has 2 unspecified atom stereocenters. The molecule has 1 aliphatic carbocycles. The van der Waals surface area contributed by atoms with Crippen LogP contribution in [0, 0.1) is 11.3 Å². The van der Waals surface area contributed by atoms with E-state index in [0.29, 0.717) is 36.2 Å². The number of nitrogens with zero attached hydrogens (tertiary/aromatic N) is 5. The van der Waals surface area contributed by atoms with Gasteiger partial charge >= 0.3 is 0 Å². The Kier molecular flexibility index (Phi) is 3.94. The Morgan fingerprint density at radius 3 is 2.63 bits per heavy atom. The van der Waals surface area contributed by atoms with E-state index >= 15 is 0 Å². The molecule has 0 radical (unpaired) electrons. The summed E-state index contributed by atoms with van der Waals surface area (Å²) in [6.07, 6.45) is 7.50. The summed E-state index contributed by atoms with van der Waals surface area (Å²) in [5.74, 6) is 1.66. The molecule has 1 saturated carbocycles. The van der Waals surface area contributed by atoms with E-state index in [1.807, 2.05) is 12.3 Å². The molecule has 8 heteroatoms. The van der Waals surface area contributed by atoms with Crippen molar-refractivity contribution in [3.05, 3.63) is 42.4 Å². The van der Waals surface area contributed by atoms with Gasteiger partial charge in [-0.05, 0) is 24.6 Å². The summed E-state index contributed by atoms with van der Waals surface area (Å²) in [6.45, 7) is 1.98. The summed E-state index contributed by atoms with van der Waals surface area (Å²) in [5, 5.41) is 27.0. The molecule has 0 spiro atoms. The predicted octanol–water partition coefficient (Wildman–Crippen LogP) is 1.72. The van der Waals surface area contributed by atoms with Crippen LogP contribution in [0.2, 0.25) is 0 Å². The number of pyridine rings is 2. The molecule has 30 heavy (non-hydrogen) atoms. The van der Waals surface area contributed by atoms with Crippen LogP contribution in [0.25, 0.3) is 16.6 Å². The number of hydrogen-bond acceptors (Lipinski definition) is 7. The van der Waals surface area contributed by atoms with Gasteiger partial charge in [-0.2, -0.15) is 10.4 Å². The van der Waals surface area contributed by atoms with Gasteiger partial charge < -0.3 is 20.1 Å². The molecule has 4 fully saturated rings. The number of nitriles is 1. The number of anilines is 1. The van der Waals surface area contributed by atoms with E-state index in [2.05, 4.69) is 33.5 Å². The first-order chi connectivity index (χ1) is 14.7. The molecule has 2 atom stereocenters. The normalized spacial score (nSPS) is 27.3. The largest absolute Gasteiger partial charge is 0.489 e. The Balaban J connectivity index is 1.35. The number of piperidine rings is 1. The minimum absolute atomic E-state index is 0.0101. The van der Waals surface area contributed by atoms with Crippen LogP contribution >= 0.6 is 0 Å². The number of aromatic nitrogens is 3. The van der Waals surface area contributed by atoms with Crippen molar-refractivity contribution in [2.75, 3.05) is 18.0 Å². The van der Waals surface area contributed by atoms with Crippen molar-refractivity contribution in [2.24, 2.45) is 0 Å². The van der Waals surface area contributed by atoms with Gasteiger partial charge in [-0.3, -0.25) is 0 Å². The highest BCUT2D eigenvalue weighted by Gasteiger charge is 2.36. The van der Waals surface area contributed by atoms with E-state index in [0.717, 1.165) is 35.6 Å². The average molecular weight is 402 g/mol.